The van der Waals surface area contributed by atoms with Crippen molar-refractivity contribution in [3.63, 3.8) is 0 Å². The van der Waals surface area contributed by atoms with Gasteiger partial charge in [-0.05, 0) is 115 Å². The van der Waals surface area contributed by atoms with Gasteiger partial charge in [0.2, 0.25) is 0 Å². The molecule has 1 saturated heterocycles. The molecule has 12 aromatic rings. The summed E-state index contributed by atoms with van der Waals surface area (Å²) in [5.74, 6) is 0. The van der Waals surface area contributed by atoms with E-state index in [1.165, 1.54) is 88.4 Å². The number of benzene rings is 8. The number of halogens is 1. The first-order valence-corrected chi connectivity index (χ1v) is 27.6. The largest absolute Gasteiger partial charge is 0.494 e. The zero-order valence-corrected chi connectivity index (χ0v) is 52.0. The number of nitrogens with zero attached hydrogens (tertiary/aromatic N) is 4. The normalized spacial score (nSPS) is 15.4. The zero-order valence-electron chi connectivity index (χ0n) is 45.8. The van der Waals surface area contributed by atoms with Gasteiger partial charge < -0.3 is 28.4 Å². The molecular weight excluding hydrogens is 1410 g/mol. The molecule has 10 heteroatoms. The summed E-state index contributed by atoms with van der Waals surface area (Å²) in [5.41, 5.74) is 19.7. The van der Waals surface area contributed by atoms with Crippen LogP contribution in [0, 0.1) is 12.1 Å². The van der Waals surface area contributed by atoms with Crippen molar-refractivity contribution < 1.29 is 51.4 Å². The number of hydrogen-bond acceptors (Lipinski definition) is 4. The van der Waals surface area contributed by atoms with Gasteiger partial charge in [-0.25, -0.2) is 0 Å². The first kappa shape index (κ1) is 55.4. The van der Waals surface area contributed by atoms with Crippen molar-refractivity contribution in [3.8, 4) is 45.0 Å². The van der Waals surface area contributed by atoms with Crippen molar-refractivity contribution in [1.29, 1.82) is 0 Å². The molecule has 80 heavy (non-hydrogen) atoms. The van der Waals surface area contributed by atoms with E-state index in [-0.39, 0.29) is 71.3 Å². The number of aromatic nitrogens is 4. The van der Waals surface area contributed by atoms with E-state index >= 15 is 0 Å². The molecule has 0 radical (unpaired) electrons. The van der Waals surface area contributed by atoms with Gasteiger partial charge in [0.1, 0.15) is 0 Å². The average Bonchev–Trinajstić information content (AvgIpc) is 2.42. The quantitative estimate of drug-likeness (QED) is 0.130. The monoisotopic (exact) mass is 1470 g/mol. The SMILES string of the molecule is Brc1cc[c-]c(-c2ccccn2)c1.CC1(C)c2ccccc2-n2c3ccc(-c4cc[c-]c(-c5ccccn5)c4)cc3c3cccc1c32.CC1(C)c2ccccc2-n2c3ccc(B4OC(C)(C)C(C)(C)O4)cc3c3cccc1c32.[Pt].[Pt]. The Morgan fingerprint density at radius 1 is 0.438 bits per heavy atom. The van der Waals surface area contributed by atoms with Crippen LogP contribution in [0.2, 0.25) is 0 Å². The van der Waals surface area contributed by atoms with Crippen LogP contribution in [0.5, 0.6) is 0 Å². The van der Waals surface area contributed by atoms with Crippen molar-refractivity contribution in [2.45, 2.75) is 77.4 Å². The minimum atomic E-state index is -0.357. The van der Waals surface area contributed by atoms with Gasteiger partial charge in [0.25, 0.3) is 0 Å². The maximum absolute atomic E-state index is 6.34. The second-order valence-corrected chi connectivity index (χ2v) is 23.7. The fraction of sp³-hybridized carbons (Fsp3) is 0.171. The summed E-state index contributed by atoms with van der Waals surface area (Å²) in [7, 11) is -0.357. The maximum atomic E-state index is 6.34. The first-order valence-electron chi connectivity index (χ1n) is 26.8. The molecule has 0 bridgehead atoms. The van der Waals surface area contributed by atoms with E-state index in [1.807, 2.05) is 66.9 Å². The minimum Gasteiger partial charge on any atom is -0.399 e. The van der Waals surface area contributed by atoms with E-state index in [0.717, 1.165) is 32.5 Å². The van der Waals surface area contributed by atoms with Crippen LogP contribution in [-0.4, -0.2) is 37.4 Å². The predicted octanol–water partition coefficient (Wildman–Crippen LogP) is 17.0. The molecule has 15 rings (SSSR count). The molecule has 0 N–H and O–H groups in total. The third-order valence-electron chi connectivity index (χ3n) is 16.9. The van der Waals surface area contributed by atoms with Crippen LogP contribution < -0.4 is 5.46 Å². The van der Waals surface area contributed by atoms with Gasteiger partial charge in [0, 0.05) is 86.9 Å². The standard InChI is InChI=1S/C32H23N2.C27H28BNO2.C11H7BrN.2Pt/c1-32(2)26-12-3-4-15-30(26)34-29-17-16-22(20-25(29)24-11-8-13-27(32)31(24)34)21-9-7-10-23(19-21)28-14-5-6-18-33-28;1-25(2)20-11-7-8-13-23(20)29-22-15-14-17(28-30-26(3,4)27(5,6)31-28)16-19(22)18-10-9-12-21(25)24(18)29;12-10-5-3-4-9(8-10)11-6-1-2-7-13-11;;/h3-9,11-20H,1-2H3;7-16H,1-6H3;1-3,5-8H;;/q-1;;-1;;. The fourth-order valence-corrected chi connectivity index (χ4v) is 12.4. The fourth-order valence-electron chi connectivity index (χ4n) is 12.1. The molecule has 0 spiro atoms. The van der Waals surface area contributed by atoms with E-state index < -0.39 is 0 Å². The molecule has 3 aliphatic rings. The van der Waals surface area contributed by atoms with Gasteiger partial charge in [-0.1, -0.05) is 163 Å². The van der Waals surface area contributed by atoms with Gasteiger partial charge in [-0.2, -0.15) is 0 Å². The molecule has 0 amide bonds. The van der Waals surface area contributed by atoms with E-state index in [9.17, 15) is 0 Å². The molecule has 0 saturated carbocycles. The Bertz CT molecular complexity index is 4310. The van der Waals surface area contributed by atoms with Crippen LogP contribution in [0.15, 0.2) is 211 Å². The number of fused-ring (bicyclic) bond motifs is 10. The number of pyridine rings is 2. The molecule has 0 aliphatic carbocycles. The van der Waals surface area contributed by atoms with E-state index in [0.29, 0.717) is 0 Å². The van der Waals surface area contributed by atoms with Crippen molar-refractivity contribution in [2.75, 3.05) is 0 Å². The molecule has 4 aromatic heterocycles. The molecule has 1 fully saturated rings. The van der Waals surface area contributed by atoms with E-state index in [1.54, 1.807) is 6.20 Å². The molecule has 7 heterocycles. The predicted molar refractivity (Wildman–Crippen MR) is 325 cm³/mol. The van der Waals surface area contributed by atoms with Gasteiger partial charge >= 0.3 is 7.12 Å². The van der Waals surface area contributed by atoms with Crippen LogP contribution in [0.25, 0.3) is 88.6 Å². The van der Waals surface area contributed by atoms with E-state index in [2.05, 4.69) is 236 Å². The Hall–Kier alpha value is -6.50. The zero-order chi connectivity index (χ0) is 53.7. The summed E-state index contributed by atoms with van der Waals surface area (Å²) in [4.78, 5) is 8.74. The molecule has 0 atom stereocenters. The molecule has 0 unspecified atom stereocenters. The summed E-state index contributed by atoms with van der Waals surface area (Å²) >= 11 is 3.41. The van der Waals surface area contributed by atoms with Crippen molar-refractivity contribution in [3.05, 3.63) is 245 Å². The smallest absolute Gasteiger partial charge is 0.399 e. The topological polar surface area (TPSA) is 54.1 Å². The van der Waals surface area contributed by atoms with Crippen molar-refractivity contribution in [2.24, 2.45) is 0 Å². The second-order valence-electron chi connectivity index (χ2n) is 22.8. The third kappa shape index (κ3) is 9.20. The van der Waals surface area contributed by atoms with Crippen LogP contribution in [-0.2, 0) is 62.3 Å². The minimum absolute atomic E-state index is 0. The summed E-state index contributed by atoms with van der Waals surface area (Å²) in [6, 6.07) is 75.1. The number of hydrogen-bond donors (Lipinski definition) is 0. The third-order valence-corrected chi connectivity index (χ3v) is 17.4. The Morgan fingerprint density at radius 3 is 1.43 bits per heavy atom. The number of rotatable bonds is 4. The molecular formula is C70H58BBrN4O2Pt2-2. The average molecular weight is 1470 g/mol. The Balaban J connectivity index is 0.000000136. The molecule has 6 nitrogen and oxygen atoms in total. The Labute approximate surface area is 506 Å². The summed E-state index contributed by atoms with van der Waals surface area (Å²) < 4.78 is 18.6. The maximum Gasteiger partial charge on any atom is 0.494 e. The van der Waals surface area contributed by atoms with Crippen molar-refractivity contribution in [1.82, 2.24) is 19.1 Å². The first-order chi connectivity index (χ1) is 37.6. The van der Waals surface area contributed by atoms with Gasteiger partial charge in [-0.15, -0.1) is 65.2 Å². The summed E-state index contributed by atoms with van der Waals surface area (Å²) in [5, 5.41) is 5.13. The summed E-state index contributed by atoms with van der Waals surface area (Å²) in [6.45, 7) is 17.8. The van der Waals surface area contributed by atoms with Gasteiger partial charge in [-0.3, -0.25) is 0 Å². The number of para-hydroxylation sites is 4. The Kier molecular flexibility index (Phi) is 14.6. The second kappa shape index (κ2) is 21.1. The molecule has 402 valence electrons. The van der Waals surface area contributed by atoms with Crippen LogP contribution in [0.1, 0.15) is 77.6 Å². The van der Waals surface area contributed by atoms with Crippen LogP contribution >= 0.6 is 15.9 Å². The van der Waals surface area contributed by atoms with Crippen LogP contribution in [0.3, 0.4) is 0 Å². The molecule has 3 aliphatic heterocycles. The van der Waals surface area contributed by atoms with Crippen molar-refractivity contribution >= 4 is 72.1 Å². The molecule has 8 aromatic carbocycles. The van der Waals surface area contributed by atoms with Gasteiger partial charge in [0.05, 0.1) is 44.6 Å². The van der Waals surface area contributed by atoms with E-state index in [4.69, 9.17) is 9.31 Å². The summed E-state index contributed by atoms with van der Waals surface area (Å²) in [6.07, 6.45) is 3.61. The Morgan fingerprint density at radius 2 is 0.900 bits per heavy atom. The van der Waals surface area contributed by atoms with Gasteiger partial charge in [0.15, 0.2) is 0 Å². The van der Waals surface area contributed by atoms with Crippen LogP contribution in [0.4, 0.5) is 0 Å².